The van der Waals surface area contributed by atoms with Crippen molar-refractivity contribution in [2.24, 2.45) is 5.41 Å². The molecule has 3 aromatic heterocycles. The van der Waals surface area contributed by atoms with Crippen molar-refractivity contribution in [1.29, 1.82) is 0 Å². The van der Waals surface area contributed by atoms with Crippen LogP contribution in [0.4, 0.5) is 23.8 Å². The SMILES string of the molecule is CCNC(=O)Nc1cc(-c2nc(C(F)(F)F)cs2)c(-c2ccc3c(c2)c(=O)c(C(=O)OCC)cn3[C@@H]2CCCN(CC(C)(C)CN3CCOCC3)C2)cn1. The molecule has 16 heteroatoms. The molecule has 12 nitrogen and oxygen atoms in total. The largest absolute Gasteiger partial charge is 0.462 e. The van der Waals surface area contributed by atoms with Gasteiger partial charge < -0.3 is 24.3 Å². The molecule has 2 aliphatic rings. The van der Waals surface area contributed by atoms with E-state index >= 15 is 0 Å². The number of hydrogen-bond donors (Lipinski definition) is 2. The number of piperidine rings is 1. The predicted molar refractivity (Wildman–Crippen MR) is 202 cm³/mol. The van der Waals surface area contributed by atoms with Gasteiger partial charge in [0.1, 0.15) is 16.4 Å². The fourth-order valence-corrected chi connectivity index (χ4v) is 8.24. The summed E-state index contributed by atoms with van der Waals surface area (Å²) in [5.41, 5.74) is 0.118. The highest BCUT2D eigenvalue weighted by Crippen LogP contribution is 2.39. The number of anilines is 1. The van der Waals surface area contributed by atoms with Crippen LogP contribution in [0.15, 0.2) is 46.8 Å². The number of nitrogens with zero attached hydrogens (tertiary/aromatic N) is 5. The van der Waals surface area contributed by atoms with E-state index in [1.807, 2.05) is 4.57 Å². The lowest BCUT2D eigenvalue weighted by Crippen LogP contribution is -2.48. The zero-order chi connectivity index (χ0) is 38.6. The Labute approximate surface area is 315 Å². The van der Waals surface area contributed by atoms with Gasteiger partial charge in [-0.05, 0) is 62.4 Å². The zero-order valence-corrected chi connectivity index (χ0v) is 31.7. The van der Waals surface area contributed by atoms with Gasteiger partial charge in [0, 0.05) is 79.6 Å². The van der Waals surface area contributed by atoms with Gasteiger partial charge in [0.2, 0.25) is 5.43 Å². The minimum atomic E-state index is -4.66. The Kier molecular flexibility index (Phi) is 12.1. The van der Waals surface area contributed by atoms with Crippen LogP contribution in [0, 0.1) is 5.41 Å². The van der Waals surface area contributed by atoms with Gasteiger partial charge in [-0.2, -0.15) is 13.2 Å². The van der Waals surface area contributed by atoms with Crippen molar-refractivity contribution in [1.82, 2.24) is 29.7 Å². The normalized spacial score (nSPS) is 17.4. The molecule has 54 heavy (non-hydrogen) atoms. The van der Waals surface area contributed by atoms with Crippen LogP contribution in [0.3, 0.4) is 0 Å². The van der Waals surface area contributed by atoms with Gasteiger partial charge in [-0.25, -0.2) is 19.6 Å². The summed E-state index contributed by atoms with van der Waals surface area (Å²) >= 11 is 0.802. The number of ether oxygens (including phenoxy) is 2. The lowest BCUT2D eigenvalue weighted by Gasteiger charge is -2.41. The first kappa shape index (κ1) is 39.3. The second kappa shape index (κ2) is 16.6. The number of nitrogens with one attached hydrogen (secondary N) is 2. The smallest absolute Gasteiger partial charge is 0.434 e. The Morgan fingerprint density at radius 2 is 1.81 bits per heavy atom. The van der Waals surface area contributed by atoms with Crippen molar-refractivity contribution < 1.29 is 32.2 Å². The number of thiazole rings is 1. The molecule has 0 bridgehead atoms. The molecule has 2 fully saturated rings. The minimum Gasteiger partial charge on any atom is -0.462 e. The maximum absolute atomic E-state index is 14.1. The fourth-order valence-electron chi connectivity index (χ4n) is 7.38. The molecule has 0 saturated carbocycles. The standard InChI is InChI=1S/C38H46F3N7O5S/c1-5-42-36(51)45-32-17-26(34-44-31(21-54-34)38(39,40)41)28(18-43-32)24-9-10-30-27(16-24)33(49)29(35(50)53-6-2)20-48(30)25-8-7-11-47(19-25)23-37(3,4)22-46-12-14-52-15-13-46/h9-10,16-18,20-21,25H,5-8,11-15,19,22-23H2,1-4H3,(H2,42,43,45,51)/t25-/m1/s1. The van der Waals surface area contributed by atoms with E-state index in [4.69, 9.17) is 9.47 Å². The van der Waals surface area contributed by atoms with E-state index < -0.39 is 29.3 Å². The molecule has 0 radical (unpaired) electrons. The zero-order valence-electron chi connectivity index (χ0n) is 30.9. The highest BCUT2D eigenvalue weighted by atomic mass is 32.1. The molecular formula is C38H46F3N7O5S. The predicted octanol–water partition coefficient (Wildman–Crippen LogP) is 6.52. The number of carbonyl (C=O) groups excluding carboxylic acids is 2. The first-order chi connectivity index (χ1) is 25.8. The third kappa shape index (κ3) is 9.10. The van der Waals surface area contributed by atoms with Crippen molar-refractivity contribution in [3.63, 3.8) is 0 Å². The van der Waals surface area contributed by atoms with E-state index in [0.29, 0.717) is 29.7 Å². The Morgan fingerprint density at radius 3 is 2.52 bits per heavy atom. The molecule has 2 saturated heterocycles. The number of fused-ring (bicyclic) bond motifs is 1. The van der Waals surface area contributed by atoms with Crippen LogP contribution in [-0.2, 0) is 15.7 Å². The van der Waals surface area contributed by atoms with E-state index in [-0.39, 0.29) is 45.4 Å². The lowest BCUT2D eigenvalue weighted by molar-refractivity contribution is -0.140. The summed E-state index contributed by atoms with van der Waals surface area (Å²) in [5, 5.41) is 6.44. The van der Waals surface area contributed by atoms with Gasteiger partial charge >= 0.3 is 18.2 Å². The number of urea groups is 1. The minimum absolute atomic E-state index is 0.0186. The van der Waals surface area contributed by atoms with Crippen LogP contribution >= 0.6 is 11.3 Å². The highest BCUT2D eigenvalue weighted by molar-refractivity contribution is 7.13. The van der Waals surface area contributed by atoms with Gasteiger partial charge in [-0.15, -0.1) is 11.3 Å². The number of alkyl halides is 3. The van der Waals surface area contributed by atoms with Crippen LogP contribution in [0.2, 0.25) is 0 Å². The van der Waals surface area contributed by atoms with Crippen molar-refractivity contribution in [2.75, 3.05) is 71.0 Å². The molecule has 1 atom stereocenters. The quantitative estimate of drug-likeness (QED) is 0.164. The molecule has 0 aliphatic carbocycles. The number of pyridine rings is 2. The monoisotopic (exact) mass is 769 g/mol. The molecule has 5 heterocycles. The number of halogens is 3. The molecule has 2 amide bonds. The number of morpholine rings is 1. The van der Waals surface area contributed by atoms with E-state index in [0.717, 1.165) is 75.5 Å². The maximum Gasteiger partial charge on any atom is 0.434 e. The number of aromatic nitrogens is 3. The van der Waals surface area contributed by atoms with Crippen LogP contribution in [-0.4, -0.2) is 102 Å². The number of amides is 2. The number of esters is 1. The Hall–Kier alpha value is -4.38. The van der Waals surface area contributed by atoms with E-state index in [9.17, 15) is 27.6 Å². The van der Waals surface area contributed by atoms with Gasteiger partial charge in [-0.3, -0.25) is 15.0 Å². The summed E-state index contributed by atoms with van der Waals surface area (Å²) in [6.45, 7) is 15.2. The Bertz CT molecular complexity index is 2040. The lowest BCUT2D eigenvalue weighted by atomic mass is 9.90. The van der Waals surface area contributed by atoms with Crippen molar-refractivity contribution in [2.45, 2.75) is 52.8 Å². The van der Waals surface area contributed by atoms with E-state index in [1.54, 1.807) is 38.2 Å². The molecule has 1 aromatic carbocycles. The van der Waals surface area contributed by atoms with Gasteiger partial charge in [0.25, 0.3) is 0 Å². The first-order valence-corrected chi connectivity index (χ1v) is 19.1. The van der Waals surface area contributed by atoms with Crippen molar-refractivity contribution >= 4 is 40.1 Å². The molecule has 0 unspecified atom stereocenters. The van der Waals surface area contributed by atoms with Crippen LogP contribution in [0.1, 0.15) is 62.6 Å². The number of likely N-dealkylation sites (tertiary alicyclic amines) is 1. The van der Waals surface area contributed by atoms with Crippen LogP contribution < -0.4 is 16.1 Å². The summed E-state index contributed by atoms with van der Waals surface area (Å²) < 4.78 is 53.7. The van der Waals surface area contributed by atoms with Gasteiger partial charge in [-0.1, -0.05) is 19.9 Å². The molecule has 0 spiro atoms. The Balaban J connectivity index is 1.40. The average molecular weight is 770 g/mol. The number of hydrogen-bond acceptors (Lipinski definition) is 10. The average Bonchev–Trinajstić information content (AvgIpc) is 3.64. The molecule has 290 valence electrons. The summed E-state index contributed by atoms with van der Waals surface area (Å²) in [6, 6.07) is 6.10. The molecule has 2 aliphatic heterocycles. The summed E-state index contributed by atoms with van der Waals surface area (Å²) in [7, 11) is 0. The second-order valence-electron chi connectivity index (χ2n) is 14.5. The molecule has 2 N–H and O–H groups in total. The topological polar surface area (TPSA) is 131 Å². The molecular weight excluding hydrogens is 724 g/mol. The third-order valence-electron chi connectivity index (χ3n) is 9.63. The maximum atomic E-state index is 14.1. The van der Waals surface area contributed by atoms with E-state index in [2.05, 4.69) is 44.2 Å². The van der Waals surface area contributed by atoms with Crippen LogP contribution in [0.5, 0.6) is 0 Å². The first-order valence-electron chi connectivity index (χ1n) is 18.2. The number of benzene rings is 1. The summed E-state index contributed by atoms with van der Waals surface area (Å²) in [5.74, 6) is -0.625. The second-order valence-corrected chi connectivity index (χ2v) is 15.3. The summed E-state index contributed by atoms with van der Waals surface area (Å²) in [6.07, 6.45) is 0.144. The summed E-state index contributed by atoms with van der Waals surface area (Å²) in [4.78, 5) is 52.7. The Morgan fingerprint density at radius 1 is 1.06 bits per heavy atom. The van der Waals surface area contributed by atoms with Crippen LogP contribution in [0.25, 0.3) is 32.6 Å². The molecule has 4 aromatic rings. The third-order valence-corrected chi connectivity index (χ3v) is 10.5. The van der Waals surface area contributed by atoms with Crippen molar-refractivity contribution in [3.8, 4) is 21.7 Å². The molecule has 6 rings (SSSR count). The fraction of sp³-hybridized carbons (Fsp3) is 0.500. The van der Waals surface area contributed by atoms with Crippen molar-refractivity contribution in [3.05, 3.63) is 63.5 Å². The van der Waals surface area contributed by atoms with Gasteiger partial charge in [0.05, 0.1) is 25.3 Å². The van der Waals surface area contributed by atoms with E-state index in [1.165, 1.54) is 12.3 Å². The highest BCUT2D eigenvalue weighted by Gasteiger charge is 2.34. The number of carbonyl (C=O) groups is 2. The van der Waals surface area contributed by atoms with Gasteiger partial charge in [0.15, 0.2) is 5.69 Å². The number of rotatable bonds is 11.